The number of aliphatic imine (C=N–C) groups is 1. The van der Waals surface area contributed by atoms with Crippen LogP contribution in [0.15, 0.2) is 58.4 Å². The van der Waals surface area contributed by atoms with Crippen LogP contribution in [-0.2, 0) is 14.3 Å². The molecule has 2 aromatic carbocycles. The Bertz CT molecular complexity index is 1080. The maximum atomic E-state index is 12.4. The van der Waals surface area contributed by atoms with Crippen molar-refractivity contribution >= 4 is 46.5 Å². The molecule has 0 aromatic heterocycles. The smallest absolute Gasteiger partial charge is 0.344 e. The normalized spacial score (nSPS) is 16.6. The third-order valence-corrected chi connectivity index (χ3v) is 5.29. The number of para-hydroxylation sites is 1. The largest absolute Gasteiger partial charge is 0.479 e. The van der Waals surface area contributed by atoms with E-state index in [4.69, 9.17) is 9.47 Å². The van der Waals surface area contributed by atoms with Crippen LogP contribution in [0.4, 0.5) is 5.69 Å². The van der Waals surface area contributed by atoms with Gasteiger partial charge in [-0.15, -0.1) is 0 Å². The Kier molecular flexibility index (Phi) is 7.67. The Morgan fingerprint density at radius 1 is 1.16 bits per heavy atom. The van der Waals surface area contributed by atoms with E-state index in [1.165, 1.54) is 0 Å². The number of rotatable bonds is 8. The summed E-state index contributed by atoms with van der Waals surface area (Å²) in [6, 6.07) is 13.5. The van der Waals surface area contributed by atoms with E-state index in [0.29, 0.717) is 45.7 Å². The van der Waals surface area contributed by atoms with Crippen molar-refractivity contribution in [1.82, 2.24) is 5.32 Å². The van der Waals surface area contributed by atoms with E-state index in [-0.39, 0.29) is 5.91 Å². The molecule has 0 saturated carbocycles. The number of nitrogens with one attached hydrogen (secondary N) is 1. The molecule has 32 heavy (non-hydrogen) atoms. The first-order chi connectivity index (χ1) is 15.4. The Morgan fingerprint density at radius 2 is 1.88 bits per heavy atom. The highest BCUT2D eigenvalue weighted by Gasteiger charge is 2.25. The Labute approximate surface area is 189 Å². The summed E-state index contributed by atoms with van der Waals surface area (Å²) in [4.78, 5) is 40.3. The van der Waals surface area contributed by atoms with Gasteiger partial charge in [0, 0.05) is 5.56 Å². The number of ether oxygens (including phenoxy) is 2. The van der Waals surface area contributed by atoms with Gasteiger partial charge in [0.05, 0.1) is 22.8 Å². The summed E-state index contributed by atoms with van der Waals surface area (Å²) in [6.45, 7) is 3.76. The summed E-state index contributed by atoms with van der Waals surface area (Å²) in [5, 5.41) is 12.3. The van der Waals surface area contributed by atoms with Crippen LogP contribution < -0.4 is 10.1 Å². The number of amides is 1. The van der Waals surface area contributed by atoms with Gasteiger partial charge in [-0.1, -0.05) is 25.1 Å². The van der Waals surface area contributed by atoms with E-state index >= 15 is 0 Å². The molecule has 2 aromatic rings. The molecule has 1 saturated heterocycles. The first-order valence-electron chi connectivity index (χ1n) is 9.96. The molecule has 1 aliphatic rings. The number of thioether (sulfide) groups is 1. The van der Waals surface area contributed by atoms with E-state index in [9.17, 15) is 19.5 Å². The molecule has 166 valence electrons. The second kappa shape index (κ2) is 10.6. The molecule has 1 amide bonds. The number of carboxylic acid groups (broad SMARTS) is 1. The minimum Gasteiger partial charge on any atom is -0.479 e. The standard InChI is InChI=1S/C23H22N2O6S/c1-3-17(21(27)28)31-18-8-6-5-7-15(18)13-19-20(26)25-23(32-19)24-16-11-9-14(10-12-16)22(29)30-4-2/h5-13,17H,3-4H2,1-2H3,(H,27,28)(H,24,25,26)/b19-13+. The Hall–Kier alpha value is -3.59. The monoisotopic (exact) mass is 454 g/mol. The molecule has 8 nitrogen and oxygen atoms in total. The van der Waals surface area contributed by atoms with Crippen LogP contribution >= 0.6 is 11.8 Å². The molecule has 1 unspecified atom stereocenters. The summed E-state index contributed by atoms with van der Waals surface area (Å²) in [7, 11) is 0. The van der Waals surface area contributed by atoms with Gasteiger partial charge in [-0.3, -0.25) is 4.79 Å². The van der Waals surface area contributed by atoms with Crippen molar-refractivity contribution in [2.45, 2.75) is 26.4 Å². The van der Waals surface area contributed by atoms with Crippen molar-refractivity contribution in [3.05, 3.63) is 64.6 Å². The lowest BCUT2D eigenvalue weighted by Gasteiger charge is -2.15. The molecule has 1 fully saturated rings. The number of hydrogen-bond acceptors (Lipinski definition) is 7. The van der Waals surface area contributed by atoms with Gasteiger partial charge >= 0.3 is 11.9 Å². The van der Waals surface area contributed by atoms with Crippen LogP contribution in [0.25, 0.3) is 6.08 Å². The van der Waals surface area contributed by atoms with Gasteiger partial charge in [-0.05, 0) is 61.5 Å². The zero-order chi connectivity index (χ0) is 23.1. The molecule has 0 aliphatic carbocycles. The molecule has 0 spiro atoms. The predicted molar refractivity (Wildman–Crippen MR) is 122 cm³/mol. The minimum atomic E-state index is -1.05. The molecular weight excluding hydrogens is 432 g/mol. The van der Waals surface area contributed by atoms with Crippen LogP contribution in [-0.4, -0.2) is 40.8 Å². The van der Waals surface area contributed by atoms with Crippen LogP contribution in [0.5, 0.6) is 5.75 Å². The van der Waals surface area contributed by atoms with Crippen LogP contribution in [0.2, 0.25) is 0 Å². The molecule has 1 heterocycles. The molecule has 1 aliphatic heterocycles. The van der Waals surface area contributed by atoms with Crippen molar-refractivity contribution in [2.24, 2.45) is 4.99 Å². The number of benzene rings is 2. The molecule has 0 radical (unpaired) electrons. The first kappa shape index (κ1) is 23.1. The van der Waals surface area contributed by atoms with Gasteiger partial charge in [0.15, 0.2) is 11.3 Å². The number of carbonyl (C=O) groups excluding carboxylic acids is 2. The average Bonchev–Trinajstić information content (AvgIpc) is 3.12. The summed E-state index contributed by atoms with van der Waals surface area (Å²) in [6.07, 6.45) is 0.964. The van der Waals surface area contributed by atoms with E-state index < -0.39 is 18.0 Å². The van der Waals surface area contributed by atoms with Crippen molar-refractivity contribution in [2.75, 3.05) is 6.61 Å². The second-order valence-corrected chi connectivity index (χ2v) is 7.67. The van der Waals surface area contributed by atoms with E-state index in [1.54, 1.807) is 68.5 Å². The van der Waals surface area contributed by atoms with Gasteiger partial charge in [0.25, 0.3) is 5.91 Å². The summed E-state index contributed by atoms with van der Waals surface area (Å²) in [5.41, 5.74) is 1.57. The number of amidine groups is 1. The minimum absolute atomic E-state index is 0.296. The van der Waals surface area contributed by atoms with E-state index in [2.05, 4.69) is 10.3 Å². The van der Waals surface area contributed by atoms with Gasteiger partial charge in [-0.2, -0.15) is 0 Å². The Morgan fingerprint density at radius 3 is 2.53 bits per heavy atom. The molecule has 1 atom stereocenters. The fourth-order valence-corrected chi connectivity index (χ4v) is 3.63. The lowest BCUT2D eigenvalue weighted by molar-refractivity contribution is -0.145. The molecule has 2 N–H and O–H groups in total. The van der Waals surface area contributed by atoms with E-state index in [1.807, 2.05) is 0 Å². The highest BCUT2D eigenvalue weighted by atomic mass is 32.2. The van der Waals surface area contributed by atoms with Crippen LogP contribution in [0, 0.1) is 0 Å². The average molecular weight is 455 g/mol. The van der Waals surface area contributed by atoms with Crippen molar-refractivity contribution in [3.8, 4) is 5.75 Å². The maximum absolute atomic E-state index is 12.4. The number of carboxylic acids is 1. The lowest BCUT2D eigenvalue weighted by Crippen LogP contribution is -2.26. The zero-order valence-electron chi connectivity index (χ0n) is 17.5. The highest BCUT2D eigenvalue weighted by molar-refractivity contribution is 8.18. The predicted octanol–water partition coefficient (Wildman–Crippen LogP) is 4.00. The van der Waals surface area contributed by atoms with Gasteiger partial charge in [0.2, 0.25) is 0 Å². The van der Waals surface area contributed by atoms with Gasteiger partial charge < -0.3 is 19.9 Å². The maximum Gasteiger partial charge on any atom is 0.344 e. The first-order valence-corrected chi connectivity index (χ1v) is 10.8. The number of nitrogens with zero attached hydrogens (tertiary/aromatic N) is 1. The molecule has 0 bridgehead atoms. The SMILES string of the molecule is CCOC(=O)c1ccc(N=C2NC(=O)/C(=C\c3ccccc3OC(CC)C(=O)O)S2)cc1. The fraction of sp³-hybridized carbons (Fsp3) is 0.217. The Balaban J connectivity index is 1.77. The van der Waals surface area contributed by atoms with Crippen LogP contribution in [0.1, 0.15) is 36.2 Å². The summed E-state index contributed by atoms with van der Waals surface area (Å²) >= 11 is 1.15. The molecule has 3 rings (SSSR count). The van der Waals surface area contributed by atoms with Crippen molar-refractivity contribution < 1.29 is 29.0 Å². The fourth-order valence-electron chi connectivity index (χ4n) is 2.79. The highest BCUT2D eigenvalue weighted by Crippen LogP contribution is 2.31. The van der Waals surface area contributed by atoms with Crippen molar-refractivity contribution in [1.29, 1.82) is 0 Å². The quantitative estimate of drug-likeness (QED) is 0.458. The van der Waals surface area contributed by atoms with Gasteiger partial charge in [0.1, 0.15) is 5.75 Å². The number of hydrogen-bond donors (Lipinski definition) is 2. The molecule has 9 heteroatoms. The van der Waals surface area contributed by atoms with Crippen molar-refractivity contribution in [3.63, 3.8) is 0 Å². The number of esters is 1. The third kappa shape index (κ3) is 5.76. The molecular formula is C23H22N2O6S. The van der Waals surface area contributed by atoms with Crippen LogP contribution in [0.3, 0.4) is 0 Å². The lowest BCUT2D eigenvalue weighted by atomic mass is 10.1. The summed E-state index contributed by atoms with van der Waals surface area (Å²) < 4.78 is 10.6. The zero-order valence-corrected chi connectivity index (χ0v) is 18.3. The number of aliphatic carboxylic acids is 1. The second-order valence-electron chi connectivity index (χ2n) is 6.64. The van der Waals surface area contributed by atoms with E-state index in [0.717, 1.165) is 11.8 Å². The topological polar surface area (TPSA) is 114 Å². The third-order valence-electron chi connectivity index (χ3n) is 4.38. The van der Waals surface area contributed by atoms with Gasteiger partial charge in [-0.25, -0.2) is 14.6 Å². The number of carbonyl (C=O) groups is 3. The summed E-state index contributed by atoms with van der Waals surface area (Å²) in [5.74, 6) is -1.40.